The molecule has 0 saturated carbocycles. The van der Waals surface area contributed by atoms with Gasteiger partial charge in [-0.1, -0.05) is 473 Å². The fourth-order valence-electron chi connectivity index (χ4n) is 29.8. The maximum Gasteiger partial charge on any atom is 0.0731 e. The summed E-state index contributed by atoms with van der Waals surface area (Å²) in [7, 11) is 0. The molecule has 0 bridgehead atoms. The second kappa shape index (κ2) is 29.3. The normalized spacial score (nSPS) is 13.9. The van der Waals surface area contributed by atoms with E-state index in [1.165, 1.54) is 331 Å². The molecule has 0 amide bonds. The Bertz CT molecular complexity index is 10100. The first kappa shape index (κ1) is 79.9. The molecule has 0 heteroatoms. The zero-order valence-corrected chi connectivity index (χ0v) is 80.0. The third-order valence-corrected chi connectivity index (χ3v) is 35.3. The molecule has 0 aliphatic heterocycles. The van der Waals surface area contributed by atoms with Gasteiger partial charge in [-0.3, -0.25) is 0 Å². The van der Waals surface area contributed by atoms with Crippen molar-refractivity contribution in [2.45, 2.75) is 16.2 Å². The molecular formula is C147H84. The van der Waals surface area contributed by atoms with E-state index in [-0.39, 0.29) is 0 Å². The van der Waals surface area contributed by atoms with Crippen LogP contribution in [0.4, 0.5) is 0 Å². The molecule has 672 valence electrons. The molecule has 0 unspecified atom stereocenters. The van der Waals surface area contributed by atoms with Crippen molar-refractivity contribution < 1.29 is 0 Å². The van der Waals surface area contributed by atoms with Crippen LogP contribution < -0.4 is 0 Å². The lowest BCUT2D eigenvalue weighted by Crippen LogP contribution is -2.31. The summed E-state index contributed by atoms with van der Waals surface area (Å²) in [6.45, 7) is 0. The van der Waals surface area contributed by atoms with E-state index in [2.05, 4.69) is 510 Å². The highest BCUT2D eigenvalue weighted by atomic mass is 14.7. The van der Waals surface area contributed by atoms with Gasteiger partial charge in [0.25, 0.3) is 0 Å². The van der Waals surface area contributed by atoms with Gasteiger partial charge >= 0.3 is 0 Å². The lowest BCUT2D eigenvalue weighted by molar-refractivity contribution is 0.764. The van der Waals surface area contributed by atoms with Crippen molar-refractivity contribution in [2.75, 3.05) is 0 Å². The highest BCUT2D eigenvalue weighted by molar-refractivity contribution is 6.34. The Labute approximate surface area is 850 Å². The van der Waals surface area contributed by atoms with Crippen LogP contribution in [0.3, 0.4) is 0 Å². The van der Waals surface area contributed by atoms with E-state index in [0.717, 1.165) is 0 Å². The first-order valence-electron chi connectivity index (χ1n) is 51.8. The highest BCUT2D eigenvalue weighted by Crippen LogP contribution is 2.78. The van der Waals surface area contributed by atoms with Gasteiger partial charge in [-0.05, 0) is 367 Å². The summed E-state index contributed by atoms with van der Waals surface area (Å²) in [6, 6.07) is 199. The lowest BCUT2D eigenvalue weighted by atomic mass is 9.63. The average Bonchev–Trinajstić information content (AvgIpc) is 1.44. The van der Waals surface area contributed by atoms with Gasteiger partial charge in [0.1, 0.15) is 0 Å². The Morgan fingerprint density at radius 2 is 0.279 bits per heavy atom. The molecule has 0 fully saturated rings. The zero-order chi connectivity index (χ0) is 95.5. The zero-order valence-electron chi connectivity index (χ0n) is 80.0. The van der Waals surface area contributed by atoms with Crippen molar-refractivity contribution in [1.82, 2.24) is 0 Å². The molecule has 3 spiro atoms. The first-order valence-corrected chi connectivity index (χ1v) is 51.8. The minimum absolute atomic E-state index is 0.963. The molecule has 0 heterocycles. The second-order valence-corrected chi connectivity index (χ2v) is 41.7. The second-order valence-electron chi connectivity index (χ2n) is 41.7. The van der Waals surface area contributed by atoms with Gasteiger partial charge in [0.05, 0.1) is 16.2 Å². The van der Waals surface area contributed by atoms with Crippen molar-refractivity contribution in [3.8, 4) is 167 Å². The topological polar surface area (TPSA) is 0 Å². The Morgan fingerprint density at radius 1 is 0.102 bits per heavy atom. The average molecular weight is 1850 g/mol. The standard InChI is InChI=1S/C147H84/c1-7-31-85(32-8-1)97-64-55-91-59-68-110-122(83-120(89-39-15-5-16-40-89)113-76-73-106(97)133(91)137(110)113)95-62-71-116-131(80-95)147(128-53-29-23-47-104(128)105-48-24-30-54-129(105)147)144-140(116)142-139(115-70-61-94(79-130(115)145(142)124-49-25-19-43-100(124)101-44-20-26-50-125(101)145)99-66-57-93-58-67-109-118(87-35-11-3-12-36-87)82-119(88-37-13-4-14-38-88)112-78-75-108(99)135(93)136(109)112)143-141(144)117-72-63-96(81-132(117)146(143)126-51-27-21-45-102(126)103-46-22-28-52-127(103)146)123-84-121(90-41-17-6-18-42-90)114-77-74-107-98(86-33-9-2-10-34-86)65-56-92-60-69-111(123)138(114)134(92)107/h1-84H. The quantitative estimate of drug-likeness (QED) is 0.126. The highest BCUT2D eigenvalue weighted by Gasteiger charge is 2.65. The Morgan fingerprint density at radius 3 is 0.524 bits per heavy atom. The van der Waals surface area contributed by atoms with Gasteiger partial charge in [-0.25, -0.2) is 0 Å². The van der Waals surface area contributed by atoms with Crippen LogP contribution in [0.2, 0.25) is 0 Å². The molecule has 6 aliphatic carbocycles. The summed E-state index contributed by atoms with van der Waals surface area (Å²) >= 11 is 0. The molecule has 0 saturated heterocycles. The summed E-state index contributed by atoms with van der Waals surface area (Å²) in [5.74, 6) is 0. The third-order valence-electron chi connectivity index (χ3n) is 35.3. The van der Waals surface area contributed by atoms with Gasteiger partial charge in [0.15, 0.2) is 0 Å². The maximum absolute atomic E-state index is 2.74. The maximum atomic E-state index is 2.74. The van der Waals surface area contributed by atoms with E-state index < -0.39 is 16.2 Å². The van der Waals surface area contributed by atoms with Crippen molar-refractivity contribution in [3.63, 3.8) is 0 Å². The molecule has 147 heavy (non-hydrogen) atoms. The van der Waals surface area contributed by atoms with Crippen LogP contribution in [0.1, 0.15) is 66.8 Å². The van der Waals surface area contributed by atoms with Crippen LogP contribution in [0.25, 0.3) is 264 Å². The van der Waals surface area contributed by atoms with Crippen LogP contribution in [-0.4, -0.2) is 0 Å². The summed E-state index contributed by atoms with van der Waals surface area (Å²) in [6.07, 6.45) is 0. The van der Waals surface area contributed by atoms with Gasteiger partial charge < -0.3 is 0 Å². The van der Waals surface area contributed by atoms with E-state index in [1.54, 1.807) is 0 Å². The number of hydrogen-bond acceptors (Lipinski definition) is 0. The van der Waals surface area contributed by atoms with Gasteiger partial charge in [0, 0.05) is 0 Å². The van der Waals surface area contributed by atoms with E-state index in [1.807, 2.05) is 0 Å². The summed E-state index contributed by atoms with van der Waals surface area (Å²) in [5, 5.41) is 22.6. The molecule has 34 rings (SSSR count). The van der Waals surface area contributed by atoms with Gasteiger partial charge in [-0.2, -0.15) is 0 Å². The van der Waals surface area contributed by atoms with E-state index >= 15 is 0 Å². The number of hydrogen-bond donors (Lipinski definition) is 0. The van der Waals surface area contributed by atoms with Crippen molar-refractivity contribution in [1.29, 1.82) is 0 Å². The van der Waals surface area contributed by atoms with Crippen LogP contribution in [0.15, 0.2) is 510 Å². The molecule has 0 atom stereocenters. The Hall–Kier alpha value is -18.7. The molecule has 0 N–H and O–H groups in total. The predicted molar refractivity (Wildman–Crippen MR) is 615 cm³/mol. The largest absolute Gasteiger partial charge is 0.0731 e. The van der Waals surface area contributed by atoms with E-state index in [9.17, 15) is 0 Å². The number of benzene rings is 28. The molecule has 28 aromatic carbocycles. The summed E-state index contributed by atoms with van der Waals surface area (Å²) < 4.78 is 0. The summed E-state index contributed by atoms with van der Waals surface area (Å²) in [4.78, 5) is 0. The third kappa shape index (κ3) is 10.2. The fraction of sp³-hybridized carbons (Fsp3) is 0.0204. The summed E-state index contributed by atoms with van der Waals surface area (Å²) in [5.41, 5.74) is 49.7. The molecule has 0 aromatic heterocycles. The van der Waals surface area contributed by atoms with Crippen molar-refractivity contribution in [3.05, 3.63) is 576 Å². The lowest BCUT2D eigenvalue weighted by Gasteiger charge is -2.37. The Balaban J connectivity index is 0.724. The predicted octanol–water partition coefficient (Wildman–Crippen LogP) is 38.4. The number of fused-ring (bicyclic) bond motifs is 33. The van der Waals surface area contributed by atoms with Crippen LogP contribution in [-0.2, 0) is 16.2 Å². The molecular weight excluding hydrogens is 1770 g/mol. The van der Waals surface area contributed by atoms with Crippen molar-refractivity contribution >= 4 is 97.0 Å². The SMILES string of the molecule is c1ccc(-c2ccc3ccc4c(-c5ccc6c(c5)C5(c7ccccc7-c7ccccc75)c5c-6c6c(c7c5-c5ccc(-c8cc(-c9ccccc9)c9ccc%10c(-c%11ccccc%11)ccc%11ccc8c9c%11%10)cc5C75c7ccccc7-c7ccccc75)-c5ccc(-c7ccc8ccc9c(-c%10ccccc%10)cc(-c%10ccccc%10)c%10ccc7c8c9%10)cc5C65c6ccccc6-c6ccccc65)cc(-c5ccccc5)c5ccc2c3c54)cc1. The molecule has 6 aliphatic rings. The molecule has 0 nitrogen and oxygen atoms in total. The van der Waals surface area contributed by atoms with Crippen LogP contribution in [0, 0.1) is 0 Å². The van der Waals surface area contributed by atoms with Crippen LogP contribution >= 0.6 is 0 Å². The monoisotopic (exact) mass is 1850 g/mol. The van der Waals surface area contributed by atoms with Crippen molar-refractivity contribution in [2.24, 2.45) is 0 Å². The smallest absolute Gasteiger partial charge is 0.0622 e. The minimum atomic E-state index is -0.973. The number of rotatable bonds is 9. The molecule has 28 aromatic rings. The minimum Gasteiger partial charge on any atom is -0.0622 e. The van der Waals surface area contributed by atoms with Crippen LogP contribution in [0.5, 0.6) is 0 Å². The fourth-order valence-corrected chi connectivity index (χ4v) is 29.8. The van der Waals surface area contributed by atoms with Gasteiger partial charge in [0.2, 0.25) is 0 Å². The van der Waals surface area contributed by atoms with Gasteiger partial charge in [-0.15, -0.1) is 0 Å². The molecule has 0 radical (unpaired) electrons. The first-order chi connectivity index (χ1) is 73.0. The Kier molecular flexibility index (Phi) is 15.9. The van der Waals surface area contributed by atoms with E-state index in [0.29, 0.717) is 0 Å². The van der Waals surface area contributed by atoms with E-state index in [4.69, 9.17) is 0 Å².